The van der Waals surface area contributed by atoms with Crippen LogP contribution in [0.1, 0.15) is 25.5 Å². The number of hydrogen-bond donors (Lipinski definition) is 1. The first-order chi connectivity index (χ1) is 9.34. The fraction of sp³-hybridized carbons (Fsp3) is 0.462. The van der Waals surface area contributed by atoms with Crippen molar-refractivity contribution >= 4 is 35.0 Å². The minimum absolute atomic E-state index is 0.137. The minimum atomic E-state index is -4.34. The quantitative estimate of drug-likeness (QED) is 0.797. The van der Waals surface area contributed by atoms with E-state index in [4.69, 9.17) is 12.2 Å². The first-order valence-corrected chi connectivity index (χ1v) is 7.80. The van der Waals surface area contributed by atoms with E-state index in [0.717, 1.165) is 23.6 Å². The van der Waals surface area contributed by atoms with Crippen molar-refractivity contribution in [3.05, 3.63) is 28.5 Å². The van der Waals surface area contributed by atoms with E-state index >= 15 is 0 Å². The number of aromatic nitrogens is 2. The monoisotopic (exact) mass is 320 g/mol. The highest BCUT2D eigenvalue weighted by Gasteiger charge is 2.30. The molecule has 0 bridgehead atoms. The van der Waals surface area contributed by atoms with Crippen LogP contribution in [0.5, 0.6) is 0 Å². The molecule has 7 heteroatoms. The fourth-order valence-corrected chi connectivity index (χ4v) is 3.22. The van der Waals surface area contributed by atoms with Crippen LogP contribution in [0.25, 0.3) is 11.0 Å². The van der Waals surface area contributed by atoms with E-state index in [9.17, 15) is 13.2 Å². The summed E-state index contributed by atoms with van der Waals surface area (Å²) in [6.07, 6.45) is -4.34. The van der Waals surface area contributed by atoms with Gasteiger partial charge in [-0.1, -0.05) is 6.92 Å². The number of H-pyrrole nitrogens is 1. The fourth-order valence-electron chi connectivity index (χ4n) is 2.11. The second-order valence-corrected chi connectivity index (χ2v) is 6.24. The molecule has 0 spiro atoms. The number of nitrogens with zero attached hydrogens (tertiary/aromatic N) is 1. The Morgan fingerprint density at radius 3 is 2.70 bits per heavy atom. The van der Waals surface area contributed by atoms with Gasteiger partial charge in [0.2, 0.25) is 0 Å². The molecule has 0 amide bonds. The summed E-state index contributed by atoms with van der Waals surface area (Å²) in [5.74, 6) is 1.87. The summed E-state index contributed by atoms with van der Waals surface area (Å²) in [4.78, 5) is 2.87. The van der Waals surface area contributed by atoms with E-state index in [-0.39, 0.29) is 6.04 Å². The molecule has 1 N–H and O–H groups in total. The van der Waals surface area contributed by atoms with Crippen molar-refractivity contribution in [1.82, 2.24) is 9.55 Å². The van der Waals surface area contributed by atoms with Gasteiger partial charge in [0.05, 0.1) is 16.6 Å². The van der Waals surface area contributed by atoms with Crippen molar-refractivity contribution in [2.75, 3.05) is 11.5 Å². The van der Waals surface area contributed by atoms with Crippen LogP contribution in [0.15, 0.2) is 18.2 Å². The maximum atomic E-state index is 12.7. The predicted molar refractivity (Wildman–Crippen MR) is 79.8 cm³/mol. The predicted octanol–water partition coefficient (Wildman–Crippen LogP) is 5.03. The smallest absolute Gasteiger partial charge is 0.331 e. The van der Waals surface area contributed by atoms with Crippen molar-refractivity contribution in [3.8, 4) is 0 Å². The zero-order valence-corrected chi connectivity index (χ0v) is 12.8. The molecule has 0 saturated carbocycles. The Bertz CT molecular complexity index is 658. The van der Waals surface area contributed by atoms with E-state index in [1.165, 1.54) is 6.07 Å². The van der Waals surface area contributed by atoms with Gasteiger partial charge in [0.15, 0.2) is 4.77 Å². The van der Waals surface area contributed by atoms with Crippen LogP contribution >= 0.6 is 24.0 Å². The number of halogens is 3. The van der Waals surface area contributed by atoms with Gasteiger partial charge in [-0.25, -0.2) is 0 Å². The van der Waals surface area contributed by atoms with Crippen LogP contribution in [-0.4, -0.2) is 21.1 Å². The van der Waals surface area contributed by atoms with Gasteiger partial charge in [-0.2, -0.15) is 24.9 Å². The summed E-state index contributed by atoms with van der Waals surface area (Å²) in [6, 6.07) is 3.83. The van der Waals surface area contributed by atoms with Crippen LogP contribution < -0.4 is 0 Å². The summed E-state index contributed by atoms with van der Waals surface area (Å²) in [6.45, 7) is 4.09. The molecule has 110 valence electrons. The largest absolute Gasteiger partial charge is 0.416 e. The first kappa shape index (κ1) is 15.4. The minimum Gasteiger partial charge on any atom is -0.331 e. The maximum absolute atomic E-state index is 12.7. The third kappa shape index (κ3) is 3.03. The average Bonchev–Trinajstić information content (AvgIpc) is 2.69. The molecule has 1 atom stereocenters. The number of thioether (sulfide) groups is 1. The number of nitrogens with one attached hydrogen (secondary N) is 1. The number of rotatable bonds is 4. The summed E-state index contributed by atoms with van der Waals surface area (Å²) in [7, 11) is 0. The third-order valence-corrected chi connectivity index (χ3v) is 4.47. The van der Waals surface area contributed by atoms with Crippen LogP contribution in [0.2, 0.25) is 0 Å². The molecule has 1 heterocycles. The molecule has 2 rings (SSSR count). The van der Waals surface area contributed by atoms with Gasteiger partial charge in [0.1, 0.15) is 0 Å². The Balaban J connectivity index is 2.48. The topological polar surface area (TPSA) is 20.7 Å². The van der Waals surface area contributed by atoms with Gasteiger partial charge in [0, 0.05) is 11.8 Å². The Kier molecular flexibility index (Phi) is 4.49. The molecule has 20 heavy (non-hydrogen) atoms. The number of imidazole rings is 1. The molecular formula is C13H15F3N2S2. The summed E-state index contributed by atoms with van der Waals surface area (Å²) in [5, 5.41) is 0. The average molecular weight is 320 g/mol. The normalized spacial score (nSPS) is 13.8. The molecule has 0 aliphatic rings. The lowest BCUT2D eigenvalue weighted by atomic mass is 10.2. The summed E-state index contributed by atoms with van der Waals surface area (Å²) >= 11 is 7.01. The summed E-state index contributed by atoms with van der Waals surface area (Å²) < 4.78 is 40.4. The first-order valence-electron chi connectivity index (χ1n) is 6.23. The molecule has 2 aromatic rings. The van der Waals surface area contributed by atoms with Crippen molar-refractivity contribution in [1.29, 1.82) is 0 Å². The molecule has 0 aliphatic carbocycles. The van der Waals surface area contributed by atoms with Gasteiger partial charge in [-0.15, -0.1) is 0 Å². The molecule has 1 unspecified atom stereocenters. The Labute approximate surface area is 124 Å². The highest BCUT2D eigenvalue weighted by molar-refractivity contribution is 7.99. The molecule has 1 aromatic heterocycles. The van der Waals surface area contributed by atoms with Gasteiger partial charge in [-0.05, 0) is 43.1 Å². The van der Waals surface area contributed by atoms with E-state index in [1.807, 2.05) is 11.5 Å². The van der Waals surface area contributed by atoms with E-state index < -0.39 is 11.7 Å². The second-order valence-electron chi connectivity index (χ2n) is 4.54. The van der Waals surface area contributed by atoms with Gasteiger partial charge in [-0.3, -0.25) is 0 Å². The number of fused-ring (bicyclic) bond motifs is 1. The SMILES string of the molecule is CCSCC(C)n1c(=S)[nH]c2cc(C(F)(F)F)ccc21. The van der Waals surface area contributed by atoms with Crippen molar-refractivity contribution < 1.29 is 13.2 Å². The Hall–Kier alpha value is -0.950. The van der Waals surface area contributed by atoms with Crippen molar-refractivity contribution in [3.63, 3.8) is 0 Å². The van der Waals surface area contributed by atoms with E-state index in [2.05, 4.69) is 11.9 Å². The van der Waals surface area contributed by atoms with Crippen LogP contribution in [0, 0.1) is 4.77 Å². The molecule has 0 aliphatic heterocycles. The third-order valence-electron chi connectivity index (χ3n) is 3.05. The molecule has 2 nitrogen and oxygen atoms in total. The number of benzene rings is 1. The lowest BCUT2D eigenvalue weighted by molar-refractivity contribution is -0.137. The standard InChI is InChI=1S/C13H15F3N2S2/c1-3-20-7-8(2)18-11-5-4-9(13(14,15)16)6-10(11)17-12(18)19/h4-6,8H,3,7H2,1-2H3,(H,17,19). The molecule has 0 fully saturated rings. The molecule has 0 radical (unpaired) electrons. The van der Waals surface area contributed by atoms with Crippen molar-refractivity contribution in [2.24, 2.45) is 0 Å². The second kappa shape index (κ2) is 5.81. The zero-order valence-electron chi connectivity index (χ0n) is 11.1. The zero-order chi connectivity index (χ0) is 14.9. The van der Waals surface area contributed by atoms with Crippen LogP contribution in [0.4, 0.5) is 13.2 Å². The lowest BCUT2D eigenvalue weighted by Gasteiger charge is -2.14. The van der Waals surface area contributed by atoms with E-state index in [1.54, 1.807) is 11.8 Å². The highest BCUT2D eigenvalue weighted by Crippen LogP contribution is 2.32. The number of hydrogen-bond acceptors (Lipinski definition) is 2. The molecule has 0 saturated heterocycles. The van der Waals surface area contributed by atoms with E-state index in [0.29, 0.717) is 15.8 Å². The Morgan fingerprint density at radius 2 is 2.10 bits per heavy atom. The van der Waals surface area contributed by atoms with Gasteiger partial charge in [0.25, 0.3) is 0 Å². The Morgan fingerprint density at radius 1 is 1.40 bits per heavy atom. The summed E-state index contributed by atoms with van der Waals surface area (Å²) in [5.41, 5.74) is 0.481. The number of aromatic amines is 1. The lowest BCUT2D eigenvalue weighted by Crippen LogP contribution is -2.08. The molecular weight excluding hydrogens is 305 g/mol. The van der Waals surface area contributed by atoms with Crippen LogP contribution in [0.3, 0.4) is 0 Å². The van der Waals surface area contributed by atoms with Crippen LogP contribution in [-0.2, 0) is 6.18 Å². The molecule has 1 aromatic carbocycles. The van der Waals surface area contributed by atoms with Gasteiger partial charge < -0.3 is 9.55 Å². The maximum Gasteiger partial charge on any atom is 0.416 e. The van der Waals surface area contributed by atoms with Crippen molar-refractivity contribution in [2.45, 2.75) is 26.1 Å². The van der Waals surface area contributed by atoms with Gasteiger partial charge >= 0.3 is 6.18 Å². The highest BCUT2D eigenvalue weighted by atomic mass is 32.2. The number of alkyl halides is 3.